The van der Waals surface area contributed by atoms with Gasteiger partial charge in [-0.05, 0) is 31.4 Å². The Morgan fingerprint density at radius 3 is 1.94 bits per heavy atom. The Morgan fingerprint density at radius 2 is 1.38 bits per heavy atom. The van der Waals surface area contributed by atoms with E-state index in [-0.39, 0.29) is 6.61 Å². The molecule has 194 valence electrons. The van der Waals surface area contributed by atoms with Crippen LogP contribution in [-0.4, -0.2) is 64.2 Å². The standard InChI is InChI=1S/C25H42O8P/c1-5-8-16-28-22-21(19-31-34(26)33-20-14-12-11-13-15-20)32-25(27-4)24(30-18-10-7-3)23(22)29-17-9-6-2/h11-15,21-25H,5-10,16-19H2,1-4H3/q+1/t21?,22-,23?,24-,25?/m1/s1. The van der Waals surface area contributed by atoms with Crippen molar-refractivity contribution in [1.82, 2.24) is 0 Å². The fourth-order valence-electron chi connectivity index (χ4n) is 3.59. The van der Waals surface area contributed by atoms with Crippen molar-refractivity contribution < 1.29 is 37.3 Å². The monoisotopic (exact) mass is 501 g/mol. The van der Waals surface area contributed by atoms with Gasteiger partial charge in [0.05, 0.1) is 0 Å². The molecule has 1 aromatic rings. The van der Waals surface area contributed by atoms with E-state index in [1.54, 1.807) is 31.4 Å². The summed E-state index contributed by atoms with van der Waals surface area (Å²) < 4.78 is 53.9. The van der Waals surface area contributed by atoms with Gasteiger partial charge in [0.25, 0.3) is 0 Å². The van der Waals surface area contributed by atoms with Gasteiger partial charge in [-0.25, -0.2) is 4.52 Å². The molecule has 8 nitrogen and oxygen atoms in total. The Hall–Kier alpha value is -1.12. The van der Waals surface area contributed by atoms with Crippen LogP contribution in [0.15, 0.2) is 30.3 Å². The van der Waals surface area contributed by atoms with Crippen LogP contribution in [0.2, 0.25) is 0 Å². The summed E-state index contributed by atoms with van der Waals surface area (Å²) in [6, 6.07) is 8.92. The third-order valence-electron chi connectivity index (χ3n) is 5.52. The molecule has 9 heteroatoms. The molecule has 0 radical (unpaired) electrons. The van der Waals surface area contributed by atoms with Gasteiger partial charge in [0.15, 0.2) is 12.0 Å². The van der Waals surface area contributed by atoms with Crippen molar-refractivity contribution in [3.63, 3.8) is 0 Å². The molecule has 1 saturated heterocycles. The summed E-state index contributed by atoms with van der Waals surface area (Å²) in [4.78, 5) is 0. The maximum Gasteiger partial charge on any atom is 0.750 e. The van der Waals surface area contributed by atoms with Crippen molar-refractivity contribution in [3.8, 4) is 5.75 Å². The highest BCUT2D eigenvalue weighted by molar-refractivity contribution is 7.33. The van der Waals surface area contributed by atoms with Gasteiger partial charge in [-0.1, -0.05) is 58.2 Å². The topological polar surface area (TPSA) is 81.7 Å². The number of hydrogen-bond acceptors (Lipinski definition) is 8. The lowest BCUT2D eigenvalue weighted by Crippen LogP contribution is -2.61. The van der Waals surface area contributed by atoms with E-state index in [0.717, 1.165) is 38.5 Å². The minimum atomic E-state index is -2.38. The molecule has 1 heterocycles. The highest BCUT2D eigenvalue weighted by Gasteiger charge is 2.49. The summed E-state index contributed by atoms with van der Waals surface area (Å²) in [5.41, 5.74) is 0. The van der Waals surface area contributed by atoms with Crippen molar-refractivity contribution in [2.24, 2.45) is 0 Å². The van der Waals surface area contributed by atoms with Gasteiger partial charge in [0.2, 0.25) is 0 Å². The normalized spacial score (nSPS) is 25.3. The van der Waals surface area contributed by atoms with Gasteiger partial charge in [-0.3, -0.25) is 0 Å². The van der Waals surface area contributed by atoms with Crippen LogP contribution in [0.4, 0.5) is 0 Å². The summed E-state index contributed by atoms with van der Waals surface area (Å²) in [5.74, 6) is 0.476. The van der Waals surface area contributed by atoms with Crippen molar-refractivity contribution in [2.45, 2.75) is 90.0 Å². The first kappa shape index (κ1) is 29.1. The molecule has 0 spiro atoms. The molecule has 1 aromatic carbocycles. The molecule has 0 aliphatic carbocycles. The Balaban J connectivity index is 2.13. The number of hydrogen-bond donors (Lipinski definition) is 0. The van der Waals surface area contributed by atoms with Crippen LogP contribution in [0.1, 0.15) is 59.3 Å². The second kappa shape index (κ2) is 17.3. The molecule has 0 N–H and O–H groups in total. The highest BCUT2D eigenvalue weighted by Crippen LogP contribution is 2.33. The third-order valence-corrected chi connectivity index (χ3v) is 6.24. The van der Waals surface area contributed by atoms with Gasteiger partial charge in [0, 0.05) is 31.5 Å². The minimum absolute atomic E-state index is 0.00794. The Bertz CT molecular complexity index is 662. The quantitative estimate of drug-likeness (QED) is 0.188. The molecule has 6 atom stereocenters. The molecule has 34 heavy (non-hydrogen) atoms. The highest BCUT2D eigenvalue weighted by atomic mass is 31.1. The molecule has 1 fully saturated rings. The van der Waals surface area contributed by atoms with Crippen molar-refractivity contribution >= 4 is 8.25 Å². The van der Waals surface area contributed by atoms with Crippen LogP contribution in [-0.2, 0) is 32.8 Å². The molecule has 0 aromatic heterocycles. The lowest BCUT2D eigenvalue weighted by molar-refractivity contribution is -0.315. The Morgan fingerprint density at radius 1 is 0.824 bits per heavy atom. The molecular weight excluding hydrogens is 459 g/mol. The van der Waals surface area contributed by atoms with Crippen LogP contribution < -0.4 is 4.52 Å². The van der Waals surface area contributed by atoms with E-state index in [9.17, 15) is 4.57 Å². The van der Waals surface area contributed by atoms with Crippen molar-refractivity contribution in [1.29, 1.82) is 0 Å². The second-order valence-electron chi connectivity index (χ2n) is 8.27. The number of unbranched alkanes of at least 4 members (excludes halogenated alkanes) is 3. The lowest BCUT2D eigenvalue weighted by Gasteiger charge is -2.45. The van der Waals surface area contributed by atoms with E-state index in [4.69, 9.17) is 32.7 Å². The van der Waals surface area contributed by atoms with Crippen molar-refractivity contribution in [3.05, 3.63) is 30.3 Å². The molecule has 0 amide bonds. The van der Waals surface area contributed by atoms with E-state index in [2.05, 4.69) is 20.8 Å². The summed E-state index contributed by atoms with van der Waals surface area (Å²) >= 11 is 0. The first-order valence-electron chi connectivity index (χ1n) is 12.5. The van der Waals surface area contributed by atoms with Crippen LogP contribution in [0.25, 0.3) is 0 Å². The Kier molecular flexibility index (Phi) is 14.8. The lowest BCUT2D eigenvalue weighted by atomic mass is 9.98. The van der Waals surface area contributed by atoms with Crippen molar-refractivity contribution in [2.75, 3.05) is 33.5 Å². The minimum Gasteiger partial charge on any atom is -0.373 e. The number of para-hydroxylation sites is 1. The van der Waals surface area contributed by atoms with E-state index in [1.807, 2.05) is 6.07 Å². The molecule has 4 unspecified atom stereocenters. The molecule has 1 aliphatic rings. The molecule has 1 aliphatic heterocycles. The third kappa shape index (κ3) is 9.86. The fourth-order valence-corrected chi connectivity index (χ4v) is 4.20. The van der Waals surface area contributed by atoms with Gasteiger partial charge < -0.3 is 23.7 Å². The summed E-state index contributed by atoms with van der Waals surface area (Å²) in [7, 11) is -0.802. The average molecular weight is 502 g/mol. The number of ether oxygens (including phenoxy) is 5. The first-order valence-corrected chi connectivity index (χ1v) is 13.6. The van der Waals surface area contributed by atoms with Crippen LogP contribution >= 0.6 is 8.25 Å². The summed E-state index contributed by atoms with van der Waals surface area (Å²) in [6.45, 7) is 8.08. The van der Waals surface area contributed by atoms with Crippen LogP contribution in [0.5, 0.6) is 5.75 Å². The zero-order chi connectivity index (χ0) is 24.6. The average Bonchev–Trinajstić information content (AvgIpc) is 2.85. The van der Waals surface area contributed by atoms with Gasteiger partial charge in [-0.2, -0.15) is 0 Å². The smallest absolute Gasteiger partial charge is 0.373 e. The number of benzene rings is 1. The largest absolute Gasteiger partial charge is 0.750 e. The molecule has 0 bridgehead atoms. The van der Waals surface area contributed by atoms with E-state index in [1.165, 1.54) is 0 Å². The second-order valence-corrected chi connectivity index (χ2v) is 9.16. The molecular formula is C25H42O8P+. The number of methoxy groups -OCH3 is 1. The zero-order valence-electron chi connectivity index (χ0n) is 21.1. The summed E-state index contributed by atoms with van der Waals surface area (Å²) in [6.07, 6.45) is 3.30. The maximum atomic E-state index is 12.4. The summed E-state index contributed by atoms with van der Waals surface area (Å²) in [5, 5.41) is 0. The number of rotatable bonds is 18. The zero-order valence-corrected chi connectivity index (χ0v) is 22.0. The molecule has 0 saturated carbocycles. The van der Waals surface area contributed by atoms with Gasteiger partial charge >= 0.3 is 8.25 Å². The predicted molar refractivity (Wildman–Crippen MR) is 130 cm³/mol. The van der Waals surface area contributed by atoms with E-state index < -0.39 is 39.0 Å². The molecule has 2 rings (SSSR count). The van der Waals surface area contributed by atoms with E-state index >= 15 is 0 Å². The predicted octanol–water partition coefficient (Wildman–Crippen LogP) is 5.67. The SMILES string of the molecule is CCCCOC1[C@H](OCCCC)C(CO[P+](=O)Oc2ccccc2)OC(OC)[C@@H]1OCCCC. The van der Waals surface area contributed by atoms with Crippen LogP contribution in [0.3, 0.4) is 0 Å². The Labute approximate surface area is 205 Å². The fraction of sp³-hybridized carbons (Fsp3) is 0.760. The van der Waals surface area contributed by atoms with Crippen LogP contribution in [0, 0.1) is 0 Å². The first-order chi connectivity index (χ1) is 16.6. The van der Waals surface area contributed by atoms with Gasteiger partial charge in [0.1, 0.15) is 31.0 Å². The van der Waals surface area contributed by atoms with E-state index in [0.29, 0.717) is 25.6 Å². The maximum absolute atomic E-state index is 12.4. The van der Waals surface area contributed by atoms with Gasteiger partial charge in [-0.15, -0.1) is 4.52 Å².